The van der Waals surface area contributed by atoms with Crippen LogP contribution < -0.4 is 4.72 Å². The van der Waals surface area contributed by atoms with E-state index < -0.39 is 10.0 Å². The average molecular weight is 302 g/mol. The van der Waals surface area contributed by atoms with Gasteiger partial charge in [0.25, 0.3) is 0 Å². The number of aromatic nitrogens is 1. The molecule has 3 aromatic rings. The SMILES string of the molecule is Cc1cccc(CNS(=O)(=O)c2ccc3ncoc3c2)c1. The van der Waals surface area contributed by atoms with E-state index in [1.54, 1.807) is 6.07 Å². The van der Waals surface area contributed by atoms with Crippen LogP contribution in [0.2, 0.25) is 0 Å². The van der Waals surface area contributed by atoms with E-state index in [9.17, 15) is 8.42 Å². The summed E-state index contributed by atoms with van der Waals surface area (Å²) in [6.07, 6.45) is 1.29. The van der Waals surface area contributed by atoms with Gasteiger partial charge in [-0.15, -0.1) is 0 Å². The minimum absolute atomic E-state index is 0.166. The summed E-state index contributed by atoms with van der Waals surface area (Å²) in [4.78, 5) is 4.13. The second-order valence-corrected chi connectivity index (χ2v) is 6.56. The van der Waals surface area contributed by atoms with Gasteiger partial charge in [0, 0.05) is 12.6 Å². The largest absolute Gasteiger partial charge is 0.443 e. The highest BCUT2D eigenvalue weighted by Crippen LogP contribution is 2.18. The van der Waals surface area contributed by atoms with Gasteiger partial charge >= 0.3 is 0 Å². The molecule has 5 nitrogen and oxygen atoms in total. The number of oxazole rings is 1. The van der Waals surface area contributed by atoms with Crippen LogP contribution in [0.4, 0.5) is 0 Å². The molecule has 1 heterocycles. The normalized spacial score (nSPS) is 11.9. The Kier molecular flexibility index (Phi) is 3.48. The van der Waals surface area contributed by atoms with Crippen LogP contribution in [0.3, 0.4) is 0 Å². The van der Waals surface area contributed by atoms with Gasteiger partial charge in [0.1, 0.15) is 5.52 Å². The van der Waals surface area contributed by atoms with Crippen molar-refractivity contribution in [3.63, 3.8) is 0 Å². The van der Waals surface area contributed by atoms with E-state index in [1.165, 1.54) is 18.5 Å². The van der Waals surface area contributed by atoms with Gasteiger partial charge in [-0.05, 0) is 24.6 Å². The maximum atomic E-state index is 12.3. The number of aryl methyl sites for hydroxylation is 1. The molecule has 2 aromatic carbocycles. The van der Waals surface area contributed by atoms with Gasteiger partial charge in [-0.1, -0.05) is 29.8 Å². The van der Waals surface area contributed by atoms with Crippen molar-refractivity contribution in [1.82, 2.24) is 9.71 Å². The van der Waals surface area contributed by atoms with Crippen LogP contribution in [0.15, 0.2) is 58.2 Å². The Bertz CT molecular complexity index is 885. The Balaban J connectivity index is 1.83. The van der Waals surface area contributed by atoms with Gasteiger partial charge in [0.2, 0.25) is 10.0 Å². The molecule has 0 bridgehead atoms. The molecule has 0 aliphatic carbocycles. The fourth-order valence-electron chi connectivity index (χ4n) is 2.09. The van der Waals surface area contributed by atoms with Crippen LogP contribution in [-0.4, -0.2) is 13.4 Å². The molecule has 0 unspecified atom stereocenters. The highest BCUT2D eigenvalue weighted by atomic mass is 32.2. The molecule has 0 spiro atoms. The second-order valence-electron chi connectivity index (χ2n) is 4.80. The zero-order chi connectivity index (χ0) is 14.9. The zero-order valence-electron chi connectivity index (χ0n) is 11.4. The number of nitrogens with zero attached hydrogens (tertiary/aromatic N) is 1. The summed E-state index contributed by atoms with van der Waals surface area (Å²) in [6.45, 7) is 2.22. The van der Waals surface area contributed by atoms with Crippen LogP contribution in [0.5, 0.6) is 0 Å². The number of rotatable bonds is 4. The molecular weight excluding hydrogens is 288 g/mol. The first-order valence-corrected chi connectivity index (χ1v) is 7.91. The van der Waals surface area contributed by atoms with E-state index in [0.29, 0.717) is 11.1 Å². The van der Waals surface area contributed by atoms with Gasteiger partial charge in [0.05, 0.1) is 4.90 Å². The first-order valence-electron chi connectivity index (χ1n) is 6.43. The van der Waals surface area contributed by atoms with Crippen LogP contribution in [-0.2, 0) is 16.6 Å². The molecule has 0 saturated carbocycles. The molecule has 1 N–H and O–H groups in total. The lowest BCUT2D eigenvalue weighted by Crippen LogP contribution is -2.23. The lowest BCUT2D eigenvalue weighted by molar-refractivity contribution is 0.579. The molecule has 0 saturated heterocycles. The van der Waals surface area contributed by atoms with E-state index in [4.69, 9.17) is 4.42 Å². The molecule has 108 valence electrons. The minimum Gasteiger partial charge on any atom is -0.443 e. The molecule has 0 amide bonds. The van der Waals surface area contributed by atoms with Crippen LogP contribution in [0.1, 0.15) is 11.1 Å². The predicted molar refractivity (Wildman–Crippen MR) is 79.2 cm³/mol. The molecule has 0 fully saturated rings. The maximum absolute atomic E-state index is 12.3. The van der Waals surface area contributed by atoms with Crippen molar-refractivity contribution in [2.45, 2.75) is 18.4 Å². The summed E-state index contributed by atoms with van der Waals surface area (Å²) in [6, 6.07) is 12.3. The van der Waals surface area contributed by atoms with Crippen molar-refractivity contribution in [2.75, 3.05) is 0 Å². The monoisotopic (exact) mass is 302 g/mol. The van der Waals surface area contributed by atoms with Gasteiger partial charge in [-0.2, -0.15) is 0 Å². The second kappa shape index (κ2) is 5.31. The lowest BCUT2D eigenvalue weighted by atomic mass is 10.1. The fraction of sp³-hybridized carbons (Fsp3) is 0.133. The first kappa shape index (κ1) is 13.8. The molecule has 3 rings (SSSR count). The topological polar surface area (TPSA) is 72.2 Å². The third-order valence-corrected chi connectivity index (χ3v) is 4.56. The van der Waals surface area contributed by atoms with Crippen molar-refractivity contribution in [1.29, 1.82) is 0 Å². The van der Waals surface area contributed by atoms with E-state index in [-0.39, 0.29) is 11.4 Å². The summed E-state index contributed by atoms with van der Waals surface area (Å²) in [5.41, 5.74) is 3.09. The highest BCUT2D eigenvalue weighted by Gasteiger charge is 2.15. The number of nitrogens with one attached hydrogen (secondary N) is 1. The number of sulfonamides is 1. The van der Waals surface area contributed by atoms with Crippen molar-refractivity contribution in [3.05, 3.63) is 60.0 Å². The standard InChI is InChI=1S/C15H14N2O3S/c1-11-3-2-4-12(7-11)9-17-21(18,19)13-5-6-14-15(8-13)20-10-16-14/h2-8,10,17H,9H2,1H3. The Hall–Kier alpha value is -2.18. The number of hydrogen-bond donors (Lipinski definition) is 1. The van der Waals surface area contributed by atoms with Crippen molar-refractivity contribution in [2.24, 2.45) is 0 Å². The molecule has 21 heavy (non-hydrogen) atoms. The predicted octanol–water partition coefficient (Wildman–Crippen LogP) is 2.61. The molecule has 6 heteroatoms. The fourth-order valence-corrected chi connectivity index (χ4v) is 3.12. The third-order valence-electron chi connectivity index (χ3n) is 3.16. The molecule has 1 aromatic heterocycles. The number of benzene rings is 2. The molecule has 0 atom stereocenters. The van der Waals surface area contributed by atoms with Crippen molar-refractivity contribution in [3.8, 4) is 0 Å². The lowest BCUT2D eigenvalue weighted by Gasteiger charge is -2.07. The molecule has 0 aliphatic rings. The molecular formula is C15H14N2O3S. The summed E-state index contributed by atoms with van der Waals surface area (Å²) in [7, 11) is -3.58. The van der Waals surface area contributed by atoms with Crippen LogP contribution >= 0.6 is 0 Å². The van der Waals surface area contributed by atoms with Gasteiger partial charge < -0.3 is 4.42 Å². The van der Waals surface area contributed by atoms with E-state index in [0.717, 1.165) is 11.1 Å². The van der Waals surface area contributed by atoms with Gasteiger partial charge in [-0.3, -0.25) is 0 Å². The zero-order valence-corrected chi connectivity index (χ0v) is 12.2. The quantitative estimate of drug-likeness (QED) is 0.804. The van der Waals surface area contributed by atoms with Crippen molar-refractivity contribution >= 4 is 21.1 Å². The molecule has 0 aliphatic heterocycles. The van der Waals surface area contributed by atoms with Gasteiger partial charge in [0.15, 0.2) is 12.0 Å². The van der Waals surface area contributed by atoms with Crippen LogP contribution in [0, 0.1) is 6.92 Å². The number of hydrogen-bond acceptors (Lipinski definition) is 4. The highest BCUT2D eigenvalue weighted by molar-refractivity contribution is 7.89. The number of fused-ring (bicyclic) bond motifs is 1. The van der Waals surface area contributed by atoms with E-state index in [1.807, 2.05) is 31.2 Å². The van der Waals surface area contributed by atoms with Crippen LogP contribution in [0.25, 0.3) is 11.1 Å². The van der Waals surface area contributed by atoms with E-state index in [2.05, 4.69) is 9.71 Å². The maximum Gasteiger partial charge on any atom is 0.241 e. The average Bonchev–Trinajstić information content (AvgIpc) is 2.93. The molecule has 0 radical (unpaired) electrons. The summed E-state index contributed by atoms with van der Waals surface area (Å²) in [5, 5.41) is 0. The third kappa shape index (κ3) is 2.96. The summed E-state index contributed by atoms with van der Waals surface area (Å²) in [5.74, 6) is 0. The Morgan fingerprint density at radius 3 is 2.86 bits per heavy atom. The first-order chi connectivity index (χ1) is 10.0. The Morgan fingerprint density at radius 2 is 2.05 bits per heavy atom. The minimum atomic E-state index is -3.58. The van der Waals surface area contributed by atoms with Gasteiger partial charge in [-0.25, -0.2) is 18.1 Å². The summed E-state index contributed by atoms with van der Waals surface area (Å²) >= 11 is 0. The Morgan fingerprint density at radius 1 is 1.19 bits per heavy atom. The van der Waals surface area contributed by atoms with E-state index >= 15 is 0 Å². The summed E-state index contributed by atoms with van der Waals surface area (Å²) < 4.78 is 32.3. The smallest absolute Gasteiger partial charge is 0.241 e. The van der Waals surface area contributed by atoms with Crippen molar-refractivity contribution < 1.29 is 12.8 Å². The Labute approximate surface area is 122 Å².